The van der Waals surface area contributed by atoms with Crippen molar-refractivity contribution < 1.29 is 18.3 Å². The third kappa shape index (κ3) is 3.62. The van der Waals surface area contributed by atoms with Crippen LogP contribution in [-0.2, 0) is 14.9 Å². The van der Waals surface area contributed by atoms with E-state index in [1.165, 1.54) is 8.61 Å². The van der Waals surface area contributed by atoms with Gasteiger partial charge in [-0.1, -0.05) is 6.92 Å². The van der Waals surface area contributed by atoms with Crippen LogP contribution < -0.4 is 0 Å². The first-order chi connectivity index (χ1) is 8.04. The second-order valence-corrected chi connectivity index (χ2v) is 6.14. The van der Waals surface area contributed by atoms with Crippen molar-refractivity contribution in [2.45, 2.75) is 25.8 Å². The van der Waals surface area contributed by atoms with E-state index in [4.69, 9.17) is 9.84 Å². The molecule has 0 bridgehead atoms. The van der Waals surface area contributed by atoms with Crippen molar-refractivity contribution in [1.82, 2.24) is 8.61 Å². The van der Waals surface area contributed by atoms with Gasteiger partial charge in [-0.15, -0.1) is 0 Å². The van der Waals surface area contributed by atoms with Crippen molar-refractivity contribution in [2.75, 3.05) is 40.0 Å². The summed E-state index contributed by atoms with van der Waals surface area (Å²) >= 11 is 0. The Morgan fingerprint density at radius 2 is 2.24 bits per heavy atom. The molecule has 7 heteroatoms. The van der Waals surface area contributed by atoms with Gasteiger partial charge in [0.15, 0.2) is 0 Å². The van der Waals surface area contributed by atoms with Crippen molar-refractivity contribution in [3.8, 4) is 0 Å². The van der Waals surface area contributed by atoms with Gasteiger partial charge in [-0.05, 0) is 12.8 Å². The zero-order valence-electron chi connectivity index (χ0n) is 10.5. The lowest BCUT2D eigenvalue weighted by Crippen LogP contribution is -2.53. The third-order valence-electron chi connectivity index (χ3n) is 2.97. The Hall–Kier alpha value is -0.210. The fraction of sp³-hybridized carbons (Fsp3) is 1.00. The lowest BCUT2D eigenvalue weighted by atomic mass is 10.2. The van der Waals surface area contributed by atoms with E-state index in [1.807, 2.05) is 6.92 Å². The molecule has 0 radical (unpaired) electrons. The molecule has 0 aromatic carbocycles. The molecule has 0 aliphatic carbocycles. The van der Waals surface area contributed by atoms with Crippen LogP contribution in [0.3, 0.4) is 0 Å². The summed E-state index contributed by atoms with van der Waals surface area (Å²) in [5.74, 6) is 0. The van der Waals surface area contributed by atoms with Gasteiger partial charge in [0.2, 0.25) is 0 Å². The fourth-order valence-corrected chi connectivity index (χ4v) is 3.46. The van der Waals surface area contributed by atoms with E-state index in [0.717, 1.165) is 6.42 Å². The van der Waals surface area contributed by atoms with Gasteiger partial charge >= 0.3 is 0 Å². The highest BCUT2D eigenvalue weighted by Crippen LogP contribution is 2.17. The minimum absolute atomic E-state index is 0.000176. The normalized spacial score (nSPS) is 23.2. The van der Waals surface area contributed by atoms with Gasteiger partial charge in [0.1, 0.15) is 0 Å². The smallest absolute Gasteiger partial charge is 0.282 e. The molecule has 6 nitrogen and oxygen atoms in total. The Labute approximate surface area is 103 Å². The number of nitrogens with zero attached hydrogens (tertiary/aromatic N) is 2. The number of morpholine rings is 1. The van der Waals surface area contributed by atoms with E-state index < -0.39 is 10.2 Å². The van der Waals surface area contributed by atoms with Crippen molar-refractivity contribution in [2.24, 2.45) is 0 Å². The number of ether oxygens (including phenoxy) is 1. The van der Waals surface area contributed by atoms with Crippen molar-refractivity contribution in [1.29, 1.82) is 0 Å². The molecule has 1 atom stereocenters. The molecule has 1 aliphatic rings. The van der Waals surface area contributed by atoms with E-state index in [-0.39, 0.29) is 12.6 Å². The molecule has 17 heavy (non-hydrogen) atoms. The largest absolute Gasteiger partial charge is 0.396 e. The second kappa shape index (κ2) is 6.65. The van der Waals surface area contributed by atoms with Crippen LogP contribution in [0.4, 0.5) is 0 Å². The van der Waals surface area contributed by atoms with Crippen molar-refractivity contribution >= 4 is 10.2 Å². The molecular formula is C10H22N2O4S. The predicted octanol–water partition coefficient (Wildman–Crippen LogP) is -0.344. The number of hydrogen-bond acceptors (Lipinski definition) is 4. The summed E-state index contributed by atoms with van der Waals surface area (Å²) in [4.78, 5) is 0. The molecule has 1 saturated heterocycles. The van der Waals surface area contributed by atoms with E-state index in [9.17, 15) is 8.42 Å². The topological polar surface area (TPSA) is 70.1 Å². The summed E-state index contributed by atoms with van der Waals surface area (Å²) in [6, 6.07) is -0.0784. The van der Waals surface area contributed by atoms with Crippen molar-refractivity contribution in [3.63, 3.8) is 0 Å². The SMILES string of the molecule is CCC1COCCN1S(=O)(=O)N(C)CCCO. The van der Waals surface area contributed by atoms with Gasteiger partial charge in [0, 0.05) is 32.8 Å². The average Bonchev–Trinajstić information content (AvgIpc) is 2.35. The standard InChI is InChI=1S/C10H22N2O4S/c1-3-10-9-16-8-6-12(10)17(14,15)11(2)5-4-7-13/h10,13H,3-9H2,1-2H3. The Kier molecular flexibility index (Phi) is 5.81. The first kappa shape index (κ1) is 14.8. The first-order valence-electron chi connectivity index (χ1n) is 5.95. The summed E-state index contributed by atoms with van der Waals surface area (Å²) in [5, 5.41) is 8.73. The quantitative estimate of drug-likeness (QED) is 0.714. The van der Waals surface area contributed by atoms with Gasteiger partial charge in [-0.2, -0.15) is 17.0 Å². The van der Waals surface area contributed by atoms with Gasteiger partial charge in [0.05, 0.1) is 13.2 Å². The van der Waals surface area contributed by atoms with Gasteiger partial charge in [-0.3, -0.25) is 0 Å². The van der Waals surface area contributed by atoms with E-state index in [2.05, 4.69) is 0 Å². The molecule has 0 aromatic rings. The molecule has 1 fully saturated rings. The van der Waals surface area contributed by atoms with Crippen LogP contribution in [0, 0.1) is 0 Å². The monoisotopic (exact) mass is 266 g/mol. The van der Waals surface area contributed by atoms with E-state index in [0.29, 0.717) is 32.7 Å². The van der Waals surface area contributed by atoms with Crippen LogP contribution in [-0.4, -0.2) is 68.1 Å². The molecule has 0 amide bonds. The van der Waals surface area contributed by atoms with Crippen LogP contribution in [0.2, 0.25) is 0 Å². The second-order valence-electron chi connectivity index (χ2n) is 4.15. The number of aliphatic hydroxyl groups excluding tert-OH is 1. The highest BCUT2D eigenvalue weighted by Gasteiger charge is 2.34. The summed E-state index contributed by atoms with van der Waals surface area (Å²) in [5.41, 5.74) is 0. The molecule has 1 unspecified atom stereocenters. The van der Waals surface area contributed by atoms with Crippen LogP contribution in [0.1, 0.15) is 19.8 Å². The average molecular weight is 266 g/mol. The molecular weight excluding hydrogens is 244 g/mol. The summed E-state index contributed by atoms with van der Waals surface area (Å²) in [6.07, 6.45) is 1.20. The molecule has 1 heterocycles. The van der Waals surface area contributed by atoms with Crippen LogP contribution in [0.25, 0.3) is 0 Å². The highest BCUT2D eigenvalue weighted by atomic mass is 32.2. The lowest BCUT2D eigenvalue weighted by Gasteiger charge is -2.36. The predicted molar refractivity (Wildman–Crippen MR) is 64.9 cm³/mol. The molecule has 102 valence electrons. The van der Waals surface area contributed by atoms with Gasteiger partial charge in [0.25, 0.3) is 10.2 Å². The summed E-state index contributed by atoms with van der Waals surface area (Å²) < 4.78 is 32.7. The van der Waals surface area contributed by atoms with Crippen LogP contribution >= 0.6 is 0 Å². The molecule has 1 aliphatic heterocycles. The third-order valence-corrected chi connectivity index (χ3v) is 5.01. The Morgan fingerprint density at radius 1 is 1.53 bits per heavy atom. The molecule has 1 N–H and O–H groups in total. The fourth-order valence-electron chi connectivity index (χ4n) is 1.85. The van der Waals surface area contributed by atoms with Gasteiger partial charge in [-0.25, -0.2) is 0 Å². The number of rotatable bonds is 6. The maximum Gasteiger partial charge on any atom is 0.282 e. The van der Waals surface area contributed by atoms with Crippen LogP contribution in [0.5, 0.6) is 0 Å². The van der Waals surface area contributed by atoms with E-state index in [1.54, 1.807) is 7.05 Å². The molecule has 0 saturated carbocycles. The zero-order valence-corrected chi connectivity index (χ0v) is 11.3. The van der Waals surface area contributed by atoms with Crippen LogP contribution in [0.15, 0.2) is 0 Å². The molecule has 0 aromatic heterocycles. The first-order valence-corrected chi connectivity index (χ1v) is 7.35. The molecule has 0 spiro atoms. The molecule has 1 rings (SSSR count). The Balaban J connectivity index is 2.73. The lowest BCUT2D eigenvalue weighted by molar-refractivity contribution is 0.0288. The maximum absolute atomic E-state index is 12.3. The van der Waals surface area contributed by atoms with Crippen molar-refractivity contribution in [3.05, 3.63) is 0 Å². The van der Waals surface area contributed by atoms with E-state index >= 15 is 0 Å². The number of aliphatic hydroxyl groups is 1. The minimum Gasteiger partial charge on any atom is -0.396 e. The Bertz CT molecular complexity index is 320. The maximum atomic E-state index is 12.3. The van der Waals surface area contributed by atoms with Gasteiger partial charge < -0.3 is 9.84 Å². The zero-order chi connectivity index (χ0) is 12.9. The minimum atomic E-state index is -3.42. The summed E-state index contributed by atoms with van der Waals surface area (Å²) in [7, 11) is -1.87. The Morgan fingerprint density at radius 3 is 2.82 bits per heavy atom. The number of hydrogen-bond donors (Lipinski definition) is 1. The summed E-state index contributed by atoms with van der Waals surface area (Å²) in [6.45, 7) is 3.61. The highest BCUT2D eigenvalue weighted by molar-refractivity contribution is 7.86.